The van der Waals surface area contributed by atoms with Crippen LogP contribution in [0.3, 0.4) is 0 Å². The molecule has 1 aromatic carbocycles. The first-order chi connectivity index (χ1) is 11.8. The highest BCUT2D eigenvalue weighted by Crippen LogP contribution is 2.29. The number of benzene rings is 1. The van der Waals surface area contributed by atoms with Crippen LogP contribution in [0, 0.1) is 12.8 Å². The van der Waals surface area contributed by atoms with Crippen molar-refractivity contribution in [2.75, 3.05) is 6.61 Å². The summed E-state index contributed by atoms with van der Waals surface area (Å²) in [6.07, 6.45) is 0. The molecule has 1 amide bonds. The molecular formula is C18H22N2O4S. The Morgan fingerprint density at radius 3 is 2.44 bits per heavy atom. The quantitative estimate of drug-likeness (QED) is 0.788. The van der Waals surface area contributed by atoms with Gasteiger partial charge < -0.3 is 15.2 Å². The molecule has 6 nitrogen and oxygen atoms in total. The minimum atomic E-state index is -1.04. The largest absolute Gasteiger partial charge is 0.494 e. The number of carbonyl (C=O) groups excluding carboxylic acids is 1. The molecule has 0 fully saturated rings. The number of thiazole rings is 1. The van der Waals surface area contributed by atoms with E-state index in [4.69, 9.17) is 4.74 Å². The fraction of sp³-hybridized carbons (Fsp3) is 0.389. The summed E-state index contributed by atoms with van der Waals surface area (Å²) in [6.45, 7) is 7.77. The van der Waals surface area contributed by atoms with Gasteiger partial charge in [0.25, 0.3) is 5.91 Å². The molecule has 1 atom stereocenters. The van der Waals surface area contributed by atoms with Crippen molar-refractivity contribution in [3.63, 3.8) is 0 Å². The molecule has 7 heteroatoms. The van der Waals surface area contributed by atoms with Crippen molar-refractivity contribution < 1.29 is 19.4 Å². The van der Waals surface area contributed by atoms with Crippen LogP contribution in [0.2, 0.25) is 0 Å². The average Bonchev–Trinajstić information content (AvgIpc) is 2.94. The Hall–Kier alpha value is -2.41. The second kappa shape index (κ2) is 8.11. The number of carboxylic acids is 1. The van der Waals surface area contributed by atoms with Gasteiger partial charge in [0.05, 0.1) is 12.3 Å². The maximum atomic E-state index is 12.4. The Balaban J connectivity index is 2.21. The van der Waals surface area contributed by atoms with E-state index < -0.39 is 17.9 Å². The number of aryl methyl sites for hydroxylation is 1. The number of carbonyl (C=O) groups is 2. The van der Waals surface area contributed by atoms with E-state index in [9.17, 15) is 14.7 Å². The molecule has 0 bridgehead atoms. The third kappa shape index (κ3) is 4.57. The molecule has 0 saturated carbocycles. The van der Waals surface area contributed by atoms with Crippen LogP contribution >= 0.6 is 11.3 Å². The molecule has 0 aliphatic heterocycles. The van der Waals surface area contributed by atoms with Crippen LogP contribution in [-0.4, -0.2) is 34.6 Å². The van der Waals surface area contributed by atoms with Gasteiger partial charge in [0.2, 0.25) is 0 Å². The maximum Gasteiger partial charge on any atom is 0.326 e. The molecule has 0 radical (unpaired) electrons. The molecule has 134 valence electrons. The van der Waals surface area contributed by atoms with Crippen LogP contribution < -0.4 is 10.1 Å². The Bertz CT molecular complexity index is 753. The number of aromatic nitrogens is 1. The molecule has 0 unspecified atom stereocenters. The van der Waals surface area contributed by atoms with Crippen molar-refractivity contribution in [3.05, 3.63) is 34.8 Å². The zero-order valence-corrected chi connectivity index (χ0v) is 15.5. The number of carboxylic acid groups (broad SMARTS) is 1. The van der Waals surface area contributed by atoms with Gasteiger partial charge in [-0.1, -0.05) is 13.8 Å². The molecule has 1 aromatic heterocycles. The van der Waals surface area contributed by atoms with E-state index >= 15 is 0 Å². The summed E-state index contributed by atoms with van der Waals surface area (Å²) < 4.78 is 5.42. The van der Waals surface area contributed by atoms with Gasteiger partial charge >= 0.3 is 5.97 Å². The van der Waals surface area contributed by atoms with Gasteiger partial charge in [0.1, 0.15) is 21.7 Å². The van der Waals surface area contributed by atoms with Crippen molar-refractivity contribution in [3.8, 4) is 16.3 Å². The number of nitrogens with one attached hydrogen (secondary N) is 1. The monoisotopic (exact) mass is 362 g/mol. The number of aliphatic carboxylic acids is 1. The average molecular weight is 362 g/mol. The smallest absolute Gasteiger partial charge is 0.326 e. The van der Waals surface area contributed by atoms with Gasteiger partial charge in [-0.15, -0.1) is 11.3 Å². The first kappa shape index (κ1) is 18.9. The number of hydrogen-bond acceptors (Lipinski definition) is 5. The zero-order valence-electron chi connectivity index (χ0n) is 14.7. The SMILES string of the molecule is CCOc1ccc(-c2nc(C)c(C(=O)N[C@H](C(=O)O)C(C)C)s2)cc1. The third-order valence-electron chi connectivity index (χ3n) is 3.63. The van der Waals surface area contributed by atoms with Crippen LogP contribution in [0.5, 0.6) is 5.75 Å². The summed E-state index contributed by atoms with van der Waals surface area (Å²) in [4.78, 5) is 28.6. The normalized spacial score (nSPS) is 12.0. The topological polar surface area (TPSA) is 88.5 Å². The minimum absolute atomic E-state index is 0.208. The lowest BCUT2D eigenvalue weighted by Crippen LogP contribution is -2.44. The molecule has 2 N–H and O–H groups in total. The number of ether oxygens (including phenoxy) is 1. The maximum absolute atomic E-state index is 12.4. The molecule has 0 spiro atoms. The van der Waals surface area contributed by atoms with E-state index in [0.717, 1.165) is 11.3 Å². The van der Waals surface area contributed by atoms with Crippen molar-refractivity contribution >= 4 is 23.2 Å². The van der Waals surface area contributed by atoms with Crippen molar-refractivity contribution in [1.29, 1.82) is 0 Å². The summed E-state index contributed by atoms with van der Waals surface area (Å²) in [5.41, 5.74) is 1.47. The first-order valence-corrected chi connectivity index (χ1v) is 8.89. The second-order valence-corrected chi connectivity index (χ2v) is 6.92. The highest BCUT2D eigenvalue weighted by atomic mass is 32.1. The molecule has 1 heterocycles. The lowest BCUT2D eigenvalue weighted by Gasteiger charge is -2.17. The summed E-state index contributed by atoms with van der Waals surface area (Å²) in [6, 6.07) is 6.56. The number of rotatable bonds is 7. The van der Waals surface area contributed by atoms with E-state index in [-0.39, 0.29) is 5.92 Å². The van der Waals surface area contributed by atoms with Gasteiger partial charge in [-0.25, -0.2) is 9.78 Å². The summed E-state index contributed by atoms with van der Waals surface area (Å²) in [5.74, 6) is -0.885. The Kier molecular flexibility index (Phi) is 6.14. The number of amides is 1. The van der Waals surface area contributed by atoms with Gasteiger partial charge in [-0.2, -0.15) is 0 Å². The number of nitrogens with zero attached hydrogens (tertiary/aromatic N) is 1. The highest BCUT2D eigenvalue weighted by molar-refractivity contribution is 7.17. The van der Waals surface area contributed by atoms with Gasteiger partial charge in [-0.05, 0) is 44.0 Å². The van der Waals surface area contributed by atoms with Crippen molar-refractivity contribution in [2.45, 2.75) is 33.7 Å². The number of hydrogen-bond donors (Lipinski definition) is 2. The molecule has 0 aliphatic rings. The van der Waals surface area contributed by atoms with Crippen molar-refractivity contribution in [1.82, 2.24) is 10.3 Å². The Labute approximate surface area is 150 Å². The van der Waals surface area contributed by atoms with Crippen LogP contribution in [0.15, 0.2) is 24.3 Å². The molecule has 2 aromatic rings. The molecule has 2 rings (SSSR count). The zero-order chi connectivity index (χ0) is 18.6. The van der Waals surface area contributed by atoms with Gasteiger partial charge in [-0.3, -0.25) is 4.79 Å². The van der Waals surface area contributed by atoms with Crippen molar-refractivity contribution in [2.24, 2.45) is 5.92 Å². The van der Waals surface area contributed by atoms with E-state index in [1.165, 1.54) is 11.3 Å². The lowest BCUT2D eigenvalue weighted by molar-refractivity contribution is -0.140. The van der Waals surface area contributed by atoms with E-state index in [1.807, 2.05) is 31.2 Å². The van der Waals surface area contributed by atoms with E-state index in [1.54, 1.807) is 20.8 Å². The van der Waals surface area contributed by atoms with Gasteiger partial charge in [0, 0.05) is 5.56 Å². The fourth-order valence-electron chi connectivity index (χ4n) is 2.31. The molecule has 25 heavy (non-hydrogen) atoms. The Morgan fingerprint density at radius 2 is 1.92 bits per heavy atom. The van der Waals surface area contributed by atoms with E-state index in [0.29, 0.717) is 22.2 Å². The van der Waals surface area contributed by atoms with Gasteiger partial charge in [0.15, 0.2) is 0 Å². The first-order valence-electron chi connectivity index (χ1n) is 8.07. The summed E-state index contributed by atoms with van der Waals surface area (Å²) >= 11 is 1.25. The second-order valence-electron chi connectivity index (χ2n) is 5.92. The molecular weight excluding hydrogens is 340 g/mol. The standard InChI is InChI=1S/C18H22N2O4S/c1-5-24-13-8-6-12(7-9-13)17-19-11(4)15(25-17)16(21)20-14(10(2)3)18(22)23/h6-10,14H,5H2,1-4H3,(H,20,21)(H,22,23)/t14-/m0/s1. The van der Waals surface area contributed by atoms with Crippen LogP contribution in [0.1, 0.15) is 36.1 Å². The minimum Gasteiger partial charge on any atom is -0.494 e. The van der Waals surface area contributed by atoms with Crippen LogP contribution in [-0.2, 0) is 4.79 Å². The highest BCUT2D eigenvalue weighted by Gasteiger charge is 2.26. The third-order valence-corrected chi connectivity index (χ3v) is 4.84. The molecule has 0 aliphatic carbocycles. The summed E-state index contributed by atoms with van der Waals surface area (Å²) in [5, 5.41) is 12.5. The summed E-state index contributed by atoms with van der Waals surface area (Å²) in [7, 11) is 0. The van der Waals surface area contributed by atoms with E-state index in [2.05, 4.69) is 10.3 Å². The Morgan fingerprint density at radius 1 is 1.28 bits per heavy atom. The fourth-order valence-corrected chi connectivity index (χ4v) is 3.29. The lowest BCUT2D eigenvalue weighted by atomic mass is 10.0. The molecule has 0 saturated heterocycles. The predicted octanol–water partition coefficient (Wildman–Crippen LogP) is 3.36. The van der Waals surface area contributed by atoms with Crippen LogP contribution in [0.4, 0.5) is 0 Å². The predicted molar refractivity (Wildman–Crippen MR) is 97.2 cm³/mol. The van der Waals surface area contributed by atoms with Crippen LogP contribution in [0.25, 0.3) is 10.6 Å².